The first kappa shape index (κ1) is 32.9. The van der Waals surface area contributed by atoms with Crippen LogP contribution in [0.3, 0.4) is 0 Å². The second kappa shape index (κ2) is 11.8. The van der Waals surface area contributed by atoms with Crippen LogP contribution in [0.5, 0.6) is 0 Å². The molecule has 52 heavy (non-hydrogen) atoms. The largest absolute Gasteiger partial charge is 0.0642 e. The van der Waals surface area contributed by atoms with Crippen molar-refractivity contribution in [2.24, 2.45) is 0 Å². The van der Waals surface area contributed by atoms with Gasteiger partial charge in [-0.3, -0.25) is 0 Å². The van der Waals surface area contributed by atoms with Crippen LogP contribution in [0, 0.1) is 27.7 Å². The summed E-state index contributed by atoms with van der Waals surface area (Å²) < 4.78 is 0. The molecule has 0 fully saturated rings. The molecule has 0 bridgehead atoms. The highest BCUT2D eigenvalue weighted by atomic mass is 14.4. The summed E-state index contributed by atoms with van der Waals surface area (Å²) in [6.07, 6.45) is 4.36. The number of fused-ring (bicyclic) bond motifs is 8. The van der Waals surface area contributed by atoms with E-state index in [1.54, 1.807) is 0 Å². The molecule has 0 unspecified atom stereocenters. The lowest BCUT2D eigenvalue weighted by molar-refractivity contribution is 0.490. The van der Waals surface area contributed by atoms with Crippen LogP contribution in [0.25, 0.3) is 66.1 Å². The molecular formula is C52H50. The normalized spacial score (nSPS) is 14.8. The van der Waals surface area contributed by atoms with E-state index < -0.39 is 0 Å². The van der Waals surface area contributed by atoms with E-state index in [-0.39, 0.29) is 10.8 Å². The van der Waals surface area contributed by atoms with Crippen molar-refractivity contribution in [3.63, 3.8) is 0 Å². The third-order valence-electron chi connectivity index (χ3n) is 13.9. The van der Waals surface area contributed by atoms with Crippen LogP contribution >= 0.6 is 0 Å². The highest BCUT2D eigenvalue weighted by Crippen LogP contribution is 2.56. The monoisotopic (exact) mass is 674 g/mol. The molecule has 0 atom stereocenters. The zero-order valence-electron chi connectivity index (χ0n) is 32.2. The first-order valence-electron chi connectivity index (χ1n) is 19.7. The summed E-state index contributed by atoms with van der Waals surface area (Å²) in [5, 5.41) is 5.40. The standard InChI is InChI=1S/C52H50/c1-9-51(10-2)45-19-15-13-17-37(45)39-23-21-35(29-47(39)51)49-41-25-31(5)33(7)27-43(41)50(44-28-34(8)32(6)26-42(44)49)36-22-24-40-38-18-14-16-20-46(38)52(11-3,12-4)48(40)30-36/h13-30H,9-12H2,1-8H3. The molecule has 2 aliphatic carbocycles. The Hall–Kier alpha value is -4.94. The molecule has 0 heteroatoms. The first-order valence-corrected chi connectivity index (χ1v) is 19.7. The maximum absolute atomic E-state index is 2.57. The van der Waals surface area contributed by atoms with Gasteiger partial charge in [0.25, 0.3) is 0 Å². The Kier molecular flexibility index (Phi) is 7.47. The van der Waals surface area contributed by atoms with Crippen LogP contribution in [-0.2, 0) is 10.8 Å². The van der Waals surface area contributed by atoms with Gasteiger partial charge < -0.3 is 0 Å². The van der Waals surface area contributed by atoms with Gasteiger partial charge in [-0.1, -0.05) is 125 Å². The van der Waals surface area contributed by atoms with Crippen LogP contribution in [0.4, 0.5) is 0 Å². The SMILES string of the molecule is CCC1(CC)c2ccccc2-c2ccc(-c3c4cc(C)c(C)cc4c(-c4ccc5c(c4)C(CC)(CC)c4ccccc4-5)c4cc(C)c(C)cc34)cc21. The van der Waals surface area contributed by atoms with Gasteiger partial charge in [0.15, 0.2) is 0 Å². The van der Waals surface area contributed by atoms with Gasteiger partial charge in [0, 0.05) is 10.8 Å². The van der Waals surface area contributed by atoms with Crippen molar-refractivity contribution in [3.8, 4) is 44.5 Å². The third-order valence-corrected chi connectivity index (χ3v) is 13.9. The molecule has 0 saturated carbocycles. The van der Waals surface area contributed by atoms with E-state index in [2.05, 4.69) is 165 Å². The fourth-order valence-corrected chi connectivity index (χ4v) is 10.6. The topological polar surface area (TPSA) is 0 Å². The van der Waals surface area contributed by atoms with Crippen molar-refractivity contribution in [1.82, 2.24) is 0 Å². The minimum absolute atomic E-state index is 0.0273. The Morgan fingerprint density at radius 1 is 0.346 bits per heavy atom. The van der Waals surface area contributed by atoms with E-state index in [1.807, 2.05) is 0 Å². The third kappa shape index (κ3) is 4.27. The van der Waals surface area contributed by atoms with E-state index in [9.17, 15) is 0 Å². The molecule has 0 radical (unpaired) electrons. The minimum Gasteiger partial charge on any atom is -0.0642 e. The Balaban J connectivity index is 1.38. The fraction of sp³-hybridized carbons (Fsp3) is 0.269. The molecule has 0 spiro atoms. The zero-order valence-corrected chi connectivity index (χ0v) is 32.2. The summed E-state index contributed by atoms with van der Waals surface area (Å²) in [5.41, 5.74) is 22.4. The number of hydrogen-bond donors (Lipinski definition) is 0. The highest BCUT2D eigenvalue weighted by molar-refractivity contribution is 6.22. The zero-order chi connectivity index (χ0) is 36.1. The number of benzene rings is 7. The van der Waals surface area contributed by atoms with Crippen LogP contribution < -0.4 is 0 Å². The van der Waals surface area contributed by atoms with E-state index in [4.69, 9.17) is 0 Å². The van der Waals surface area contributed by atoms with Crippen molar-refractivity contribution >= 4 is 21.5 Å². The Morgan fingerprint density at radius 3 is 0.981 bits per heavy atom. The van der Waals surface area contributed by atoms with Gasteiger partial charge in [-0.15, -0.1) is 0 Å². The quantitative estimate of drug-likeness (QED) is 0.154. The molecule has 7 aromatic rings. The molecule has 258 valence electrons. The predicted molar refractivity (Wildman–Crippen MR) is 225 cm³/mol. The van der Waals surface area contributed by atoms with Gasteiger partial charge >= 0.3 is 0 Å². The maximum Gasteiger partial charge on any atom is 0.0210 e. The van der Waals surface area contributed by atoms with Crippen molar-refractivity contribution < 1.29 is 0 Å². The predicted octanol–water partition coefficient (Wildman–Crippen LogP) is 14.7. The Bertz CT molecular complexity index is 2350. The highest BCUT2D eigenvalue weighted by Gasteiger charge is 2.42. The molecule has 0 aromatic heterocycles. The van der Waals surface area contributed by atoms with Gasteiger partial charge in [-0.2, -0.15) is 0 Å². The van der Waals surface area contributed by atoms with Crippen LogP contribution in [0.15, 0.2) is 109 Å². The van der Waals surface area contributed by atoms with E-state index in [0.717, 1.165) is 25.7 Å². The summed E-state index contributed by atoms with van der Waals surface area (Å²) in [7, 11) is 0. The molecule has 2 aliphatic rings. The summed E-state index contributed by atoms with van der Waals surface area (Å²) in [5.74, 6) is 0. The molecule has 7 aromatic carbocycles. The Labute approximate surface area is 310 Å². The molecule has 0 N–H and O–H groups in total. The summed E-state index contributed by atoms with van der Waals surface area (Å²) >= 11 is 0. The average Bonchev–Trinajstić information content (AvgIpc) is 3.61. The fourth-order valence-electron chi connectivity index (χ4n) is 10.6. The molecule has 0 saturated heterocycles. The lowest BCUT2D eigenvalue weighted by Gasteiger charge is -2.30. The van der Waals surface area contributed by atoms with Crippen molar-refractivity contribution in [3.05, 3.63) is 154 Å². The Morgan fingerprint density at radius 2 is 0.654 bits per heavy atom. The van der Waals surface area contributed by atoms with Gasteiger partial charge in [0.05, 0.1) is 0 Å². The molecule has 0 aliphatic heterocycles. The van der Waals surface area contributed by atoms with Crippen LogP contribution in [0.1, 0.15) is 97.9 Å². The van der Waals surface area contributed by atoms with Gasteiger partial charge in [0.2, 0.25) is 0 Å². The average molecular weight is 675 g/mol. The van der Waals surface area contributed by atoms with Crippen molar-refractivity contribution in [1.29, 1.82) is 0 Å². The second-order valence-electron chi connectivity index (χ2n) is 15.9. The number of rotatable bonds is 6. The van der Waals surface area contributed by atoms with Crippen molar-refractivity contribution in [2.45, 2.75) is 91.9 Å². The molecular weight excluding hydrogens is 625 g/mol. The number of aryl methyl sites for hydroxylation is 4. The van der Waals surface area contributed by atoms with Gasteiger partial charge in [0.1, 0.15) is 0 Å². The second-order valence-corrected chi connectivity index (χ2v) is 15.9. The van der Waals surface area contributed by atoms with Gasteiger partial charge in [-0.05, 0) is 176 Å². The van der Waals surface area contributed by atoms with E-state index in [1.165, 1.54) is 111 Å². The lowest BCUT2D eigenvalue weighted by atomic mass is 9.73. The molecule has 0 amide bonds. The van der Waals surface area contributed by atoms with E-state index >= 15 is 0 Å². The first-order chi connectivity index (χ1) is 25.2. The summed E-state index contributed by atoms with van der Waals surface area (Å²) in [4.78, 5) is 0. The summed E-state index contributed by atoms with van der Waals surface area (Å²) in [6, 6.07) is 43.1. The smallest absolute Gasteiger partial charge is 0.0210 e. The maximum atomic E-state index is 2.57. The van der Waals surface area contributed by atoms with Crippen molar-refractivity contribution in [2.75, 3.05) is 0 Å². The van der Waals surface area contributed by atoms with Gasteiger partial charge in [-0.25, -0.2) is 0 Å². The lowest BCUT2D eigenvalue weighted by Crippen LogP contribution is -2.23. The minimum atomic E-state index is 0.0273. The summed E-state index contributed by atoms with van der Waals surface area (Å²) in [6.45, 7) is 18.6. The van der Waals surface area contributed by atoms with Crippen LogP contribution in [0.2, 0.25) is 0 Å². The molecule has 0 heterocycles. The van der Waals surface area contributed by atoms with Crippen LogP contribution in [-0.4, -0.2) is 0 Å². The molecule has 9 rings (SSSR count). The van der Waals surface area contributed by atoms with E-state index in [0.29, 0.717) is 0 Å². The number of hydrogen-bond acceptors (Lipinski definition) is 0. The molecule has 0 nitrogen and oxygen atoms in total.